The van der Waals surface area contributed by atoms with Gasteiger partial charge in [-0.3, -0.25) is 4.90 Å². The molecule has 1 atom stereocenters. The Morgan fingerprint density at radius 2 is 1.91 bits per heavy atom. The van der Waals surface area contributed by atoms with E-state index in [4.69, 9.17) is 11.6 Å². The molecule has 0 saturated heterocycles. The van der Waals surface area contributed by atoms with Crippen molar-refractivity contribution in [3.8, 4) is 0 Å². The first-order valence-corrected chi connectivity index (χ1v) is 8.64. The van der Waals surface area contributed by atoms with Crippen molar-refractivity contribution >= 4 is 22.5 Å². The summed E-state index contributed by atoms with van der Waals surface area (Å²) in [6, 6.07) is 17.4. The Labute approximate surface area is 142 Å². The van der Waals surface area contributed by atoms with Gasteiger partial charge in [0, 0.05) is 28.2 Å². The maximum Gasteiger partial charge on any atom is 0.0501 e. The number of benzene rings is 2. The van der Waals surface area contributed by atoms with Crippen molar-refractivity contribution < 1.29 is 0 Å². The molecule has 4 rings (SSSR count). The first kappa shape index (κ1) is 14.8. The molecule has 1 aliphatic heterocycles. The largest absolute Gasteiger partial charge is 0.357 e. The molecule has 0 bridgehead atoms. The average Bonchev–Trinajstić information content (AvgIpc) is 2.94. The van der Waals surface area contributed by atoms with Crippen LogP contribution < -0.4 is 0 Å². The molecule has 3 aromatic rings. The first-order chi connectivity index (χ1) is 11.2. The van der Waals surface area contributed by atoms with Crippen molar-refractivity contribution in [1.82, 2.24) is 9.88 Å². The molecular formula is C20H21ClN2. The van der Waals surface area contributed by atoms with E-state index in [2.05, 4.69) is 53.3 Å². The fourth-order valence-electron chi connectivity index (χ4n) is 3.76. The van der Waals surface area contributed by atoms with Crippen LogP contribution in [0.4, 0.5) is 0 Å². The van der Waals surface area contributed by atoms with Crippen LogP contribution >= 0.6 is 11.6 Å². The van der Waals surface area contributed by atoms with Gasteiger partial charge < -0.3 is 4.98 Å². The molecule has 2 heterocycles. The van der Waals surface area contributed by atoms with E-state index >= 15 is 0 Å². The number of aryl methyl sites for hydroxylation is 1. The van der Waals surface area contributed by atoms with Crippen LogP contribution in [0.2, 0.25) is 5.02 Å². The lowest BCUT2D eigenvalue weighted by molar-refractivity contribution is 0.216. The highest BCUT2D eigenvalue weighted by Crippen LogP contribution is 2.36. The van der Waals surface area contributed by atoms with Crippen LogP contribution in [0.5, 0.6) is 0 Å². The number of fused-ring (bicyclic) bond motifs is 3. The van der Waals surface area contributed by atoms with Crippen molar-refractivity contribution in [3.05, 3.63) is 70.4 Å². The zero-order chi connectivity index (χ0) is 15.8. The summed E-state index contributed by atoms with van der Waals surface area (Å²) < 4.78 is 0. The van der Waals surface area contributed by atoms with E-state index in [0.29, 0.717) is 6.04 Å². The maximum atomic E-state index is 5.98. The molecule has 23 heavy (non-hydrogen) atoms. The number of hydrogen-bond acceptors (Lipinski definition) is 1. The van der Waals surface area contributed by atoms with Gasteiger partial charge in [-0.05, 0) is 55.6 Å². The highest BCUT2D eigenvalue weighted by Gasteiger charge is 2.27. The summed E-state index contributed by atoms with van der Waals surface area (Å²) in [6.45, 7) is 1.13. The molecule has 0 saturated carbocycles. The van der Waals surface area contributed by atoms with E-state index in [0.717, 1.165) is 30.8 Å². The standard InChI is InChI=1S/C20H21ClN2/c1-23-13-12-17-16-4-2-3-5-18(16)22-20(17)19(23)11-8-14-6-9-15(21)10-7-14/h2-7,9-10,19,22H,8,11-13H2,1H3. The second kappa shape index (κ2) is 6.03. The molecule has 2 aromatic carbocycles. The van der Waals surface area contributed by atoms with Crippen LogP contribution in [0.25, 0.3) is 10.9 Å². The predicted molar refractivity (Wildman–Crippen MR) is 97.1 cm³/mol. The van der Waals surface area contributed by atoms with Gasteiger partial charge in [-0.2, -0.15) is 0 Å². The Morgan fingerprint density at radius 3 is 2.74 bits per heavy atom. The molecule has 0 fully saturated rings. The van der Waals surface area contributed by atoms with Crippen LogP contribution in [0.1, 0.15) is 29.3 Å². The minimum absolute atomic E-state index is 0.460. The van der Waals surface area contributed by atoms with Gasteiger partial charge in [0.05, 0.1) is 6.04 Å². The highest BCUT2D eigenvalue weighted by atomic mass is 35.5. The number of aromatic nitrogens is 1. The molecule has 1 unspecified atom stereocenters. The molecule has 118 valence electrons. The van der Waals surface area contributed by atoms with Gasteiger partial charge in [-0.25, -0.2) is 0 Å². The molecule has 3 heteroatoms. The van der Waals surface area contributed by atoms with E-state index in [-0.39, 0.29) is 0 Å². The summed E-state index contributed by atoms with van der Waals surface area (Å²) in [5, 5.41) is 2.20. The second-order valence-electron chi connectivity index (χ2n) is 6.47. The van der Waals surface area contributed by atoms with E-state index in [1.165, 1.54) is 27.7 Å². The van der Waals surface area contributed by atoms with Gasteiger partial charge >= 0.3 is 0 Å². The van der Waals surface area contributed by atoms with Gasteiger partial charge in [0.25, 0.3) is 0 Å². The Hall–Kier alpha value is -1.77. The van der Waals surface area contributed by atoms with Gasteiger partial charge in [0.1, 0.15) is 0 Å². The Kier molecular flexibility index (Phi) is 3.88. The number of rotatable bonds is 3. The summed E-state index contributed by atoms with van der Waals surface area (Å²) in [5.41, 5.74) is 5.55. The number of para-hydroxylation sites is 1. The van der Waals surface area contributed by atoms with Crippen molar-refractivity contribution in [1.29, 1.82) is 0 Å². The number of aromatic amines is 1. The number of likely N-dealkylation sites (N-methyl/N-ethyl adjacent to an activating group) is 1. The average molecular weight is 325 g/mol. The number of nitrogens with one attached hydrogen (secondary N) is 1. The molecule has 0 amide bonds. The summed E-state index contributed by atoms with van der Waals surface area (Å²) in [6.07, 6.45) is 3.33. The number of H-pyrrole nitrogens is 1. The zero-order valence-corrected chi connectivity index (χ0v) is 14.1. The smallest absolute Gasteiger partial charge is 0.0501 e. The first-order valence-electron chi connectivity index (χ1n) is 8.26. The molecule has 1 aromatic heterocycles. The van der Waals surface area contributed by atoms with Gasteiger partial charge in [-0.15, -0.1) is 0 Å². The molecule has 2 nitrogen and oxygen atoms in total. The Morgan fingerprint density at radius 1 is 1.13 bits per heavy atom. The van der Waals surface area contributed by atoms with Crippen molar-refractivity contribution in [2.75, 3.05) is 13.6 Å². The predicted octanol–water partition coefficient (Wildman–Crippen LogP) is 4.98. The molecule has 0 spiro atoms. The lowest BCUT2D eigenvalue weighted by atomic mass is 9.93. The van der Waals surface area contributed by atoms with Crippen LogP contribution in [0.15, 0.2) is 48.5 Å². The monoisotopic (exact) mass is 324 g/mol. The lowest BCUT2D eigenvalue weighted by Crippen LogP contribution is -2.32. The summed E-state index contributed by atoms with van der Waals surface area (Å²) in [5.74, 6) is 0. The molecule has 0 aliphatic carbocycles. The Balaban J connectivity index is 1.62. The van der Waals surface area contributed by atoms with Crippen LogP contribution in [0, 0.1) is 0 Å². The highest BCUT2D eigenvalue weighted by molar-refractivity contribution is 6.30. The summed E-state index contributed by atoms with van der Waals surface area (Å²) in [4.78, 5) is 6.16. The zero-order valence-electron chi connectivity index (χ0n) is 13.3. The van der Waals surface area contributed by atoms with Crippen molar-refractivity contribution in [2.45, 2.75) is 25.3 Å². The van der Waals surface area contributed by atoms with Crippen LogP contribution in [-0.2, 0) is 12.8 Å². The minimum Gasteiger partial charge on any atom is -0.357 e. The number of nitrogens with zero attached hydrogens (tertiary/aromatic N) is 1. The van der Waals surface area contributed by atoms with Gasteiger partial charge in [0.15, 0.2) is 0 Å². The number of halogens is 1. The third-order valence-corrected chi connectivity index (χ3v) is 5.30. The van der Waals surface area contributed by atoms with E-state index in [1.807, 2.05) is 12.1 Å². The molecule has 1 aliphatic rings. The van der Waals surface area contributed by atoms with Crippen LogP contribution in [0.3, 0.4) is 0 Å². The fraction of sp³-hybridized carbons (Fsp3) is 0.300. The Bertz CT molecular complexity index is 819. The molecule has 1 N–H and O–H groups in total. The molecule has 0 radical (unpaired) electrons. The number of hydrogen-bond donors (Lipinski definition) is 1. The third-order valence-electron chi connectivity index (χ3n) is 5.05. The van der Waals surface area contributed by atoms with Gasteiger partial charge in [0.2, 0.25) is 0 Å². The van der Waals surface area contributed by atoms with E-state index in [1.54, 1.807) is 0 Å². The van der Waals surface area contributed by atoms with Crippen molar-refractivity contribution in [3.63, 3.8) is 0 Å². The fourth-order valence-corrected chi connectivity index (χ4v) is 3.88. The molecular weight excluding hydrogens is 304 g/mol. The minimum atomic E-state index is 0.460. The normalized spacial score (nSPS) is 18.3. The van der Waals surface area contributed by atoms with Crippen LogP contribution in [-0.4, -0.2) is 23.5 Å². The van der Waals surface area contributed by atoms with Crippen molar-refractivity contribution in [2.24, 2.45) is 0 Å². The van der Waals surface area contributed by atoms with E-state index in [9.17, 15) is 0 Å². The van der Waals surface area contributed by atoms with E-state index < -0.39 is 0 Å². The topological polar surface area (TPSA) is 19.0 Å². The lowest BCUT2D eigenvalue weighted by Gasteiger charge is -2.33. The SMILES string of the molecule is CN1CCc2c([nH]c3ccccc23)C1CCc1ccc(Cl)cc1. The maximum absolute atomic E-state index is 5.98. The summed E-state index contributed by atoms with van der Waals surface area (Å²) in [7, 11) is 2.24. The second-order valence-corrected chi connectivity index (χ2v) is 6.91. The quantitative estimate of drug-likeness (QED) is 0.719. The summed E-state index contributed by atoms with van der Waals surface area (Å²) >= 11 is 5.98. The third kappa shape index (κ3) is 2.77. The van der Waals surface area contributed by atoms with Gasteiger partial charge in [-0.1, -0.05) is 41.9 Å².